The standard InChI is InChI=1S/C20H18BrFN4O2S/c1-2-28-19(27)13-7-9-15(10-8-13)23-20(29)24-18-16(21)12-26(25-18)11-14-5-3-4-6-17(14)22/h3-10,12H,2,11H2,1H3,(H2,23,24,25,29). The van der Waals surface area contributed by atoms with Gasteiger partial charge in [0.15, 0.2) is 10.9 Å². The average molecular weight is 477 g/mol. The van der Waals surface area contributed by atoms with Crippen molar-refractivity contribution in [1.29, 1.82) is 0 Å². The molecule has 9 heteroatoms. The van der Waals surface area contributed by atoms with Gasteiger partial charge in [0.2, 0.25) is 0 Å². The molecule has 0 saturated heterocycles. The molecule has 2 aromatic carbocycles. The normalized spacial score (nSPS) is 10.4. The van der Waals surface area contributed by atoms with E-state index in [-0.39, 0.29) is 11.8 Å². The third-order valence-corrected chi connectivity index (χ3v) is 4.68. The summed E-state index contributed by atoms with van der Waals surface area (Å²) in [7, 11) is 0. The van der Waals surface area contributed by atoms with Crippen molar-refractivity contribution in [2.45, 2.75) is 13.5 Å². The van der Waals surface area contributed by atoms with Crippen molar-refractivity contribution < 1.29 is 13.9 Å². The van der Waals surface area contributed by atoms with Gasteiger partial charge in [0.1, 0.15) is 5.82 Å². The zero-order valence-electron chi connectivity index (χ0n) is 15.5. The van der Waals surface area contributed by atoms with Crippen LogP contribution in [0.2, 0.25) is 0 Å². The Kier molecular flexibility index (Phi) is 6.95. The first-order chi connectivity index (χ1) is 14.0. The van der Waals surface area contributed by atoms with Crippen molar-refractivity contribution in [3.8, 4) is 0 Å². The lowest BCUT2D eigenvalue weighted by Crippen LogP contribution is -2.20. The smallest absolute Gasteiger partial charge is 0.338 e. The molecule has 0 radical (unpaired) electrons. The monoisotopic (exact) mass is 476 g/mol. The molecule has 29 heavy (non-hydrogen) atoms. The van der Waals surface area contributed by atoms with Crippen LogP contribution in [0.4, 0.5) is 15.9 Å². The van der Waals surface area contributed by atoms with E-state index in [1.165, 1.54) is 6.07 Å². The Balaban J connectivity index is 1.61. The van der Waals surface area contributed by atoms with Gasteiger partial charge in [-0.05, 0) is 65.4 Å². The van der Waals surface area contributed by atoms with Gasteiger partial charge in [0, 0.05) is 17.4 Å². The molecule has 0 atom stereocenters. The first-order valence-corrected chi connectivity index (χ1v) is 9.98. The Bertz CT molecular complexity index is 1020. The van der Waals surface area contributed by atoms with Crippen LogP contribution in [0.25, 0.3) is 0 Å². The summed E-state index contributed by atoms with van der Waals surface area (Å²) in [5, 5.41) is 10.7. The highest BCUT2D eigenvalue weighted by Crippen LogP contribution is 2.22. The number of thiocarbonyl (C=S) groups is 1. The molecule has 2 N–H and O–H groups in total. The molecule has 0 spiro atoms. The van der Waals surface area contributed by atoms with Crippen LogP contribution >= 0.6 is 28.1 Å². The summed E-state index contributed by atoms with van der Waals surface area (Å²) in [5.41, 5.74) is 1.71. The lowest BCUT2D eigenvalue weighted by atomic mass is 10.2. The number of benzene rings is 2. The van der Waals surface area contributed by atoms with E-state index in [0.29, 0.717) is 45.4 Å². The lowest BCUT2D eigenvalue weighted by Gasteiger charge is -2.10. The van der Waals surface area contributed by atoms with E-state index in [1.807, 2.05) is 0 Å². The number of carbonyl (C=O) groups excluding carboxylic acids is 1. The second-order valence-electron chi connectivity index (χ2n) is 5.99. The summed E-state index contributed by atoms with van der Waals surface area (Å²) in [5.74, 6) is -0.150. The van der Waals surface area contributed by atoms with Crippen molar-refractivity contribution in [1.82, 2.24) is 9.78 Å². The van der Waals surface area contributed by atoms with Gasteiger partial charge in [0.25, 0.3) is 0 Å². The number of halogens is 2. The fraction of sp³-hybridized carbons (Fsp3) is 0.150. The van der Waals surface area contributed by atoms with Gasteiger partial charge in [0.05, 0.1) is 23.2 Å². The largest absolute Gasteiger partial charge is 0.462 e. The van der Waals surface area contributed by atoms with Crippen molar-refractivity contribution in [2.75, 3.05) is 17.2 Å². The van der Waals surface area contributed by atoms with Crippen molar-refractivity contribution in [2.24, 2.45) is 0 Å². The third-order valence-electron chi connectivity index (χ3n) is 3.89. The number of esters is 1. The minimum absolute atomic E-state index is 0.280. The molecule has 0 amide bonds. The molecular formula is C20H18BrFN4O2S. The van der Waals surface area contributed by atoms with Crippen molar-refractivity contribution >= 4 is 50.7 Å². The first-order valence-electron chi connectivity index (χ1n) is 8.78. The zero-order valence-corrected chi connectivity index (χ0v) is 17.9. The Morgan fingerprint density at radius 2 is 1.93 bits per heavy atom. The van der Waals surface area contributed by atoms with Crippen molar-refractivity contribution in [3.63, 3.8) is 0 Å². The molecule has 0 saturated carbocycles. The number of nitrogens with one attached hydrogen (secondary N) is 2. The fourth-order valence-corrected chi connectivity index (χ4v) is 3.17. The van der Waals surface area contributed by atoms with Gasteiger partial charge < -0.3 is 15.4 Å². The molecule has 6 nitrogen and oxygen atoms in total. The van der Waals surface area contributed by atoms with Crippen LogP contribution in [-0.4, -0.2) is 27.5 Å². The average Bonchev–Trinajstić information content (AvgIpc) is 3.03. The number of ether oxygens (including phenoxy) is 1. The predicted octanol–water partition coefficient (Wildman–Crippen LogP) is 4.82. The molecule has 0 aliphatic rings. The Hall–Kier alpha value is -2.78. The highest BCUT2D eigenvalue weighted by molar-refractivity contribution is 9.10. The molecule has 3 rings (SSSR count). The number of hydrogen-bond donors (Lipinski definition) is 2. The van der Waals surface area contributed by atoms with E-state index in [9.17, 15) is 9.18 Å². The molecule has 150 valence electrons. The van der Waals surface area contributed by atoms with Crippen LogP contribution in [0.1, 0.15) is 22.8 Å². The highest BCUT2D eigenvalue weighted by atomic mass is 79.9. The number of carbonyl (C=O) groups is 1. The van der Waals surface area contributed by atoms with Crippen LogP contribution < -0.4 is 10.6 Å². The number of hydrogen-bond acceptors (Lipinski definition) is 4. The van der Waals surface area contributed by atoms with E-state index in [2.05, 4.69) is 31.7 Å². The Morgan fingerprint density at radius 3 is 2.62 bits per heavy atom. The van der Waals surface area contributed by atoms with E-state index in [0.717, 1.165) is 0 Å². The second-order valence-corrected chi connectivity index (χ2v) is 7.25. The van der Waals surface area contributed by atoms with Gasteiger partial charge in [-0.1, -0.05) is 18.2 Å². The van der Waals surface area contributed by atoms with Gasteiger partial charge in [-0.2, -0.15) is 5.10 Å². The maximum absolute atomic E-state index is 13.8. The summed E-state index contributed by atoms with van der Waals surface area (Å²) in [6, 6.07) is 13.3. The van der Waals surface area contributed by atoms with Gasteiger partial charge in [-0.25, -0.2) is 9.18 Å². The summed E-state index contributed by atoms with van der Waals surface area (Å²) in [4.78, 5) is 11.7. The minimum atomic E-state index is -0.371. The number of rotatable bonds is 6. The molecule has 3 aromatic rings. The molecule has 0 fully saturated rings. The quantitative estimate of drug-likeness (QED) is 0.392. The second kappa shape index (κ2) is 9.62. The van der Waals surface area contributed by atoms with Crippen LogP contribution in [-0.2, 0) is 11.3 Å². The molecule has 1 heterocycles. The summed E-state index contributed by atoms with van der Waals surface area (Å²) in [6.07, 6.45) is 1.74. The lowest BCUT2D eigenvalue weighted by molar-refractivity contribution is 0.0526. The maximum atomic E-state index is 13.8. The SMILES string of the molecule is CCOC(=O)c1ccc(NC(=S)Nc2nn(Cc3ccccc3F)cc2Br)cc1. The van der Waals surface area contributed by atoms with Gasteiger partial charge in [-0.3, -0.25) is 4.68 Å². The first kappa shape index (κ1) is 20.9. The number of anilines is 2. The summed E-state index contributed by atoms with van der Waals surface area (Å²) in [6.45, 7) is 2.38. The highest BCUT2D eigenvalue weighted by Gasteiger charge is 2.11. The predicted molar refractivity (Wildman–Crippen MR) is 118 cm³/mol. The molecular weight excluding hydrogens is 459 g/mol. The van der Waals surface area contributed by atoms with Crippen LogP contribution in [0.3, 0.4) is 0 Å². The van der Waals surface area contributed by atoms with Crippen LogP contribution in [0, 0.1) is 5.82 Å². The molecule has 0 bridgehead atoms. The van der Waals surface area contributed by atoms with E-state index in [4.69, 9.17) is 17.0 Å². The summed E-state index contributed by atoms with van der Waals surface area (Å²) < 4.78 is 21.1. The molecule has 0 unspecified atom stereocenters. The van der Waals surface area contributed by atoms with E-state index in [1.54, 1.807) is 60.3 Å². The van der Waals surface area contributed by atoms with E-state index >= 15 is 0 Å². The number of nitrogens with zero attached hydrogens (tertiary/aromatic N) is 2. The van der Waals surface area contributed by atoms with Gasteiger partial charge in [-0.15, -0.1) is 0 Å². The minimum Gasteiger partial charge on any atom is -0.462 e. The summed E-state index contributed by atoms with van der Waals surface area (Å²) >= 11 is 8.74. The topological polar surface area (TPSA) is 68.2 Å². The third kappa shape index (κ3) is 5.61. The maximum Gasteiger partial charge on any atom is 0.338 e. The fourth-order valence-electron chi connectivity index (χ4n) is 2.54. The Morgan fingerprint density at radius 1 is 1.21 bits per heavy atom. The molecule has 0 aliphatic carbocycles. The van der Waals surface area contributed by atoms with Crippen molar-refractivity contribution in [3.05, 3.63) is 76.1 Å². The number of aromatic nitrogens is 2. The van der Waals surface area contributed by atoms with Gasteiger partial charge >= 0.3 is 5.97 Å². The molecule has 1 aromatic heterocycles. The van der Waals surface area contributed by atoms with E-state index < -0.39 is 0 Å². The van der Waals surface area contributed by atoms with Crippen LogP contribution in [0.5, 0.6) is 0 Å². The molecule has 0 aliphatic heterocycles. The van der Waals surface area contributed by atoms with Crippen LogP contribution in [0.15, 0.2) is 59.2 Å². The Labute approximate surface area is 181 Å². The zero-order chi connectivity index (χ0) is 20.8.